The van der Waals surface area contributed by atoms with Gasteiger partial charge in [-0.1, -0.05) is 5.16 Å². The lowest BCUT2D eigenvalue weighted by molar-refractivity contribution is -0.116. The van der Waals surface area contributed by atoms with Gasteiger partial charge in [0.05, 0.1) is 5.71 Å². The van der Waals surface area contributed by atoms with Crippen LogP contribution in [0.3, 0.4) is 0 Å². The summed E-state index contributed by atoms with van der Waals surface area (Å²) in [7, 11) is 0. The van der Waals surface area contributed by atoms with E-state index in [0.29, 0.717) is 0 Å². The van der Waals surface area contributed by atoms with Gasteiger partial charge < -0.3 is 9.57 Å². The predicted octanol–water partition coefficient (Wildman–Crippen LogP) is 0.428. The summed E-state index contributed by atoms with van der Waals surface area (Å²) in [5, 5.41) is 3.89. The SMILES string of the molecule is CC1=NOC2(C=CC(=O)C3OC32)C1. The first-order chi connectivity index (χ1) is 6.21. The first-order valence-corrected chi connectivity index (χ1v) is 4.31. The minimum Gasteiger partial charge on any atom is -0.382 e. The Labute approximate surface area is 75.2 Å². The van der Waals surface area contributed by atoms with Gasteiger partial charge in [-0.2, -0.15) is 0 Å². The molecule has 3 unspecified atom stereocenters. The second-order valence-electron chi connectivity index (χ2n) is 3.76. The number of ether oxygens (including phenoxy) is 1. The molecular weight excluding hydrogens is 170 g/mol. The van der Waals surface area contributed by atoms with Crippen LogP contribution in [0.25, 0.3) is 0 Å². The van der Waals surface area contributed by atoms with Crippen LogP contribution >= 0.6 is 0 Å². The fourth-order valence-corrected chi connectivity index (χ4v) is 1.98. The van der Waals surface area contributed by atoms with Crippen molar-refractivity contribution in [1.29, 1.82) is 0 Å². The van der Waals surface area contributed by atoms with Gasteiger partial charge in [-0.05, 0) is 19.1 Å². The maximum Gasteiger partial charge on any atom is 0.190 e. The molecule has 1 fully saturated rings. The van der Waals surface area contributed by atoms with E-state index >= 15 is 0 Å². The number of ketones is 1. The van der Waals surface area contributed by atoms with Crippen molar-refractivity contribution in [2.75, 3.05) is 0 Å². The molecule has 3 atom stereocenters. The smallest absolute Gasteiger partial charge is 0.190 e. The van der Waals surface area contributed by atoms with Crippen LogP contribution in [0.4, 0.5) is 0 Å². The Kier molecular flexibility index (Phi) is 1.12. The first kappa shape index (κ1) is 7.26. The van der Waals surface area contributed by atoms with Crippen LogP contribution in [0.15, 0.2) is 17.3 Å². The number of carbonyl (C=O) groups excluding carboxylic acids is 1. The Balaban J connectivity index is 1.94. The summed E-state index contributed by atoms with van der Waals surface area (Å²) in [6, 6.07) is 0. The van der Waals surface area contributed by atoms with Crippen LogP contribution in [-0.2, 0) is 14.4 Å². The summed E-state index contributed by atoms with van der Waals surface area (Å²) in [4.78, 5) is 16.5. The van der Waals surface area contributed by atoms with Crippen molar-refractivity contribution in [2.24, 2.45) is 5.16 Å². The second kappa shape index (κ2) is 2.01. The van der Waals surface area contributed by atoms with Crippen LogP contribution in [0, 0.1) is 0 Å². The standard InChI is InChI=1S/C9H9NO3/c1-5-4-9(13-10-5)3-2-6(11)7-8(9)12-7/h2-3,7-8H,4H2,1H3. The summed E-state index contributed by atoms with van der Waals surface area (Å²) >= 11 is 0. The topological polar surface area (TPSA) is 51.2 Å². The van der Waals surface area contributed by atoms with E-state index in [1.54, 1.807) is 12.2 Å². The molecule has 1 saturated heterocycles. The third-order valence-electron chi connectivity index (χ3n) is 2.69. The van der Waals surface area contributed by atoms with E-state index < -0.39 is 5.60 Å². The molecule has 2 heterocycles. The maximum atomic E-state index is 11.2. The van der Waals surface area contributed by atoms with Crippen LogP contribution in [0.5, 0.6) is 0 Å². The Hall–Kier alpha value is -1.16. The molecule has 68 valence electrons. The fraction of sp³-hybridized carbons (Fsp3) is 0.556. The molecule has 4 nitrogen and oxygen atoms in total. The fourth-order valence-electron chi connectivity index (χ4n) is 1.98. The van der Waals surface area contributed by atoms with Crippen LogP contribution in [0.1, 0.15) is 13.3 Å². The first-order valence-electron chi connectivity index (χ1n) is 4.31. The number of fused-ring (bicyclic) bond motifs is 2. The van der Waals surface area contributed by atoms with Crippen molar-refractivity contribution in [3.63, 3.8) is 0 Å². The average Bonchev–Trinajstić information content (AvgIpc) is 2.83. The van der Waals surface area contributed by atoms with Gasteiger partial charge in [0.2, 0.25) is 0 Å². The van der Waals surface area contributed by atoms with Crippen molar-refractivity contribution >= 4 is 11.5 Å². The molecule has 0 aromatic carbocycles. The van der Waals surface area contributed by atoms with Crippen molar-refractivity contribution in [1.82, 2.24) is 0 Å². The zero-order valence-electron chi connectivity index (χ0n) is 7.19. The molecule has 0 amide bonds. The lowest BCUT2D eigenvalue weighted by Crippen LogP contribution is -2.38. The molecule has 4 heteroatoms. The number of rotatable bonds is 0. The monoisotopic (exact) mass is 179 g/mol. The summed E-state index contributed by atoms with van der Waals surface area (Å²) in [6.07, 6.45) is 3.68. The number of hydrogen-bond donors (Lipinski definition) is 0. The van der Waals surface area contributed by atoms with Crippen molar-refractivity contribution < 1.29 is 14.4 Å². The molecule has 0 bridgehead atoms. The quantitative estimate of drug-likeness (QED) is 0.506. The van der Waals surface area contributed by atoms with Gasteiger partial charge in [0, 0.05) is 6.42 Å². The van der Waals surface area contributed by atoms with Gasteiger partial charge in [0.15, 0.2) is 17.5 Å². The predicted molar refractivity (Wildman–Crippen MR) is 44.4 cm³/mol. The van der Waals surface area contributed by atoms with E-state index in [0.717, 1.165) is 12.1 Å². The van der Waals surface area contributed by atoms with Gasteiger partial charge in [0.1, 0.15) is 6.10 Å². The molecule has 3 aliphatic rings. The summed E-state index contributed by atoms with van der Waals surface area (Å²) in [5.41, 5.74) is 0.482. The number of hydrogen-bond acceptors (Lipinski definition) is 4. The van der Waals surface area contributed by atoms with Gasteiger partial charge in [0.25, 0.3) is 0 Å². The van der Waals surface area contributed by atoms with Gasteiger partial charge >= 0.3 is 0 Å². The lowest BCUT2D eigenvalue weighted by Gasteiger charge is -2.22. The minimum absolute atomic E-state index is 0.0452. The van der Waals surface area contributed by atoms with E-state index in [2.05, 4.69) is 5.16 Å². The van der Waals surface area contributed by atoms with Gasteiger partial charge in [-0.3, -0.25) is 4.79 Å². The molecule has 1 spiro atoms. The third kappa shape index (κ3) is 0.836. The van der Waals surface area contributed by atoms with Crippen molar-refractivity contribution in [3.8, 4) is 0 Å². The molecule has 0 radical (unpaired) electrons. The highest BCUT2D eigenvalue weighted by Gasteiger charge is 2.62. The molecule has 3 rings (SSSR count). The Bertz CT molecular complexity index is 347. The van der Waals surface area contributed by atoms with Gasteiger partial charge in [-0.25, -0.2) is 0 Å². The van der Waals surface area contributed by atoms with E-state index in [4.69, 9.17) is 9.57 Å². The highest BCUT2D eigenvalue weighted by molar-refractivity contribution is 5.98. The molecule has 1 aliphatic carbocycles. The molecule has 0 N–H and O–H groups in total. The number of epoxide rings is 1. The largest absolute Gasteiger partial charge is 0.382 e. The van der Waals surface area contributed by atoms with Crippen molar-refractivity contribution in [3.05, 3.63) is 12.2 Å². The minimum atomic E-state index is -0.470. The van der Waals surface area contributed by atoms with E-state index in [9.17, 15) is 4.79 Å². The molecular formula is C9H9NO3. The Morgan fingerprint density at radius 1 is 1.69 bits per heavy atom. The average molecular weight is 179 g/mol. The molecule has 0 aromatic heterocycles. The molecule has 2 aliphatic heterocycles. The molecule has 13 heavy (non-hydrogen) atoms. The van der Waals surface area contributed by atoms with Gasteiger partial charge in [-0.15, -0.1) is 0 Å². The zero-order valence-corrected chi connectivity index (χ0v) is 7.19. The molecule has 0 saturated carbocycles. The third-order valence-corrected chi connectivity index (χ3v) is 2.69. The zero-order chi connectivity index (χ0) is 9.05. The summed E-state index contributed by atoms with van der Waals surface area (Å²) < 4.78 is 5.27. The normalized spacial score (nSPS) is 45.9. The Morgan fingerprint density at radius 3 is 3.23 bits per heavy atom. The highest BCUT2D eigenvalue weighted by atomic mass is 16.7. The second-order valence-corrected chi connectivity index (χ2v) is 3.76. The maximum absolute atomic E-state index is 11.2. The molecule has 0 aromatic rings. The number of oxime groups is 1. The summed E-state index contributed by atoms with van der Waals surface area (Å²) in [5.74, 6) is 0.0452. The van der Waals surface area contributed by atoms with Crippen LogP contribution < -0.4 is 0 Å². The summed E-state index contributed by atoms with van der Waals surface area (Å²) in [6.45, 7) is 1.91. The number of carbonyl (C=O) groups is 1. The highest BCUT2D eigenvalue weighted by Crippen LogP contribution is 2.44. The van der Waals surface area contributed by atoms with E-state index in [1.807, 2.05) is 6.92 Å². The number of nitrogens with zero attached hydrogens (tertiary/aromatic N) is 1. The van der Waals surface area contributed by atoms with Crippen LogP contribution in [-0.4, -0.2) is 29.3 Å². The van der Waals surface area contributed by atoms with Crippen LogP contribution in [0.2, 0.25) is 0 Å². The van der Waals surface area contributed by atoms with Crippen molar-refractivity contribution in [2.45, 2.75) is 31.2 Å². The van der Waals surface area contributed by atoms with E-state index in [1.165, 1.54) is 0 Å². The Morgan fingerprint density at radius 2 is 2.54 bits per heavy atom. The van der Waals surface area contributed by atoms with E-state index in [-0.39, 0.29) is 18.0 Å². The lowest BCUT2D eigenvalue weighted by atomic mass is 9.87.